The van der Waals surface area contributed by atoms with E-state index in [9.17, 15) is 24.5 Å². The number of thiophene rings is 1. The van der Waals surface area contributed by atoms with Crippen molar-refractivity contribution < 1.29 is 24.0 Å². The van der Waals surface area contributed by atoms with Crippen LogP contribution in [0.3, 0.4) is 0 Å². The van der Waals surface area contributed by atoms with Crippen molar-refractivity contribution in [2.75, 3.05) is 19.4 Å². The van der Waals surface area contributed by atoms with Crippen LogP contribution in [0.4, 0.5) is 10.7 Å². The van der Waals surface area contributed by atoms with Crippen molar-refractivity contribution in [3.05, 3.63) is 54.9 Å². The van der Waals surface area contributed by atoms with Crippen LogP contribution in [0.1, 0.15) is 49.8 Å². The van der Waals surface area contributed by atoms with E-state index in [0.29, 0.717) is 5.56 Å². The lowest BCUT2D eigenvalue weighted by Gasteiger charge is -2.11. The number of amides is 2. The zero-order valence-electron chi connectivity index (χ0n) is 16.9. The summed E-state index contributed by atoms with van der Waals surface area (Å²) in [5.74, 6) is -1.91. The summed E-state index contributed by atoms with van der Waals surface area (Å²) >= 11 is 6.78. The van der Waals surface area contributed by atoms with Gasteiger partial charge in [0.05, 0.1) is 21.5 Å². The summed E-state index contributed by atoms with van der Waals surface area (Å²) < 4.78 is 5.24. The first-order valence-electron chi connectivity index (χ1n) is 8.75. The van der Waals surface area contributed by atoms with Gasteiger partial charge in [-0.05, 0) is 38.5 Å². The maximum atomic E-state index is 12.8. The van der Waals surface area contributed by atoms with Crippen LogP contribution >= 0.6 is 22.9 Å². The van der Waals surface area contributed by atoms with Crippen LogP contribution in [-0.4, -0.2) is 47.8 Å². The predicted molar refractivity (Wildman–Crippen MR) is 114 cm³/mol. The van der Waals surface area contributed by atoms with Crippen LogP contribution in [0.15, 0.2) is 18.2 Å². The van der Waals surface area contributed by atoms with E-state index < -0.39 is 28.6 Å². The molecule has 0 bridgehead atoms. The largest absolute Gasteiger partial charge is 0.459 e. The van der Waals surface area contributed by atoms with Crippen molar-refractivity contribution in [3.8, 4) is 0 Å². The van der Waals surface area contributed by atoms with Crippen molar-refractivity contribution >= 4 is 51.4 Å². The summed E-state index contributed by atoms with van der Waals surface area (Å²) in [4.78, 5) is 50.1. The average Bonchev–Trinajstić information content (AvgIpc) is 2.95. The molecule has 2 rings (SSSR count). The lowest BCUT2D eigenvalue weighted by atomic mass is 10.1. The topological polar surface area (TPSA) is 119 Å². The molecule has 0 atom stereocenters. The minimum absolute atomic E-state index is 0.0249. The number of anilines is 1. The highest BCUT2D eigenvalue weighted by Crippen LogP contribution is 2.35. The normalized spacial score (nSPS) is 10.6. The van der Waals surface area contributed by atoms with Gasteiger partial charge in [0, 0.05) is 25.2 Å². The SMILES string of the molecule is Cc1c(C(=O)N(C)C)sc(NC(=O)c2cc(Cl)ccc2[N+](=O)[O-])c1C(=O)OC(C)C. The fourth-order valence-electron chi connectivity index (χ4n) is 2.55. The van der Waals surface area contributed by atoms with E-state index in [0.717, 1.165) is 23.5 Å². The first-order chi connectivity index (χ1) is 13.9. The number of halogens is 1. The van der Waals surface area contributed by atoms with E-state index in [-0.39, 0.29) is 31.9 Å². The molecule has 0 aliphatic rings. The Balaban J connectivity index is 2.55. The molecule has 9 nitrogen and oxygen atoms in total. The molecule has 0 fully saturated rings. The molecule has 0 saturated heterocycles. The quantitative estimate of drug-likeness (QED) is 0.399. The molecular weight excluding hydrogens is 434 g/mol. The standard InChI is InChI=1S/C19H20ClN3O6S/c1-9(2)29-19(26)14-10(3)15(18(25)22(4)5)30-17(14)21-16(24)12-8-11(20)6-7-13(12)23(27)28/h6-9H,1-5H3,(H,21,24). The second-order valence-corrected chi connectivity index (χ2v) is 8.24. The number of nitrogens with one attached hydrogen (secondary N) is 1. The van der Waals surface area contributed by atoms with Crippen LogP contribution < -0.4 is 5.32 Å². The summed E-state index contributed by atoms with van der Waals surface area (Å²) in [6.07, 6.45) is -0.428. The monoisotopic (exact) mass is 453 g/mol. The molecule has 1 aromatic heterocycles. The number of hydrogen-bond acceptors (Lipinski definition) is 7. The third kappa shape index (κ3) is 4.95. The lowest BCUT2D eigenvalue weighted by Crippen LogP contribution is -2.21. The summed E-state index contributed by atoms with van der Waals surface area (Å²) in [6.45, 7) is 4.90. The van der Waals surface area contributed by atoms with E-state index >= 15 is 0 Å². The third-order valence-electron chi connectivity index (χ3n) is 3.92. The van der Waals surface area contributed by atoms with E-state index in [2.05, 4.69) is 5.32 Å². The molecule has 30 heavy (non-hydrogen) atoms. The van der Waals surface area contributed by atoms with Gasteiger partial charge in [-0.25, -0.2) is 4.79 Å². The summed E-state index contributed by atoms with van der Waals surface area (Å²) in [7, 11) is 3.11. The number of benzene rings is 1. The molecule has 1 aromatic carbocycles. The van der Waals surface area contributed by atoms with E-state index in [1.165, 1.54) is 11.0 Å². The van der Waals surface area contributed by atoms with Crippen LogP contribution in [0.25, 0.3) is 0 Å². The summed E-state index contributed by atoms with van der Waals surface area (Å²) in [5, 5.41) is 14.0. The van der Waals surface area contributed by atoms with Gasteiger partial charge in [0.15, 0.2) is 0 Å². The van der Waals surface area contributed by atoms with Gasteiger partial charge >= 0.3 is 5.97 Å². The number of nitro groups is 1. The van der Waals surface area contributed by atoms with Crippen LogP contribution in [0.5, 0.6) is 0 Å². The van der Waals surface area contributed by atoms with Crippen molar-refractivity contribution in [2.24, 2.45) is 0 Å². The number of ether oxygens (including phenoxy) is 1. The fourth-order valence-corrected chi connectivity index (χ4v) is 3.93. The highest BCUT2D eigenvalue weighted by atomic mass is 35.5. The number of rotatable bonds is 6. The van der Waals surface area contributed by atoms with Gasteiger partial charge in [-0.1, -0.05) is 11.6 Å². The van der Waals surface area contributed by atoms with E-state index in [1.807, 2.05) is 0 Å². The second kappa shape index (κ2) is 9.23. The molecule has 1 heterocycles. The molecule has 0 radical (unpaired) electrons. The Morgan fingerprint density at radius 3 is 2.43 bits per heavy atom. The Hall–Kier alpha value is -2.98. The molecule has 2 aromatic rings. The van der Waals surface area contributed by atoms with Crippen molar-refractivity contribution in [3.63, 3.8) is 0 Å². The minimum Gasteiger partial charge on any atom is -0.459 e. The Morgan fingerprint density at radius 2 is 1.90 bits per heavy atom. The number of nitrogens with zero attached hydrogens (tertiary/aromatic N) is 2. The Kier molecular flexibility index (Phi) is 7.16. The second-order valence-electron chi connectivity index (χ2n) is 6.79. The third-order valence-corrected chi connectivity index (χ3v) is 5.35. The van der Waals surface area contributed by atoms with Crippen LogP contribution in [0, 0.1) is 17.0 Å². The average molecular weight is 454 g/mol. The summed E-state index contributed by atoms with van der Waals surface area (Å²) in [6, 6.07) is 3.57. The maximum Gasteiger partial charge on any atom is 0.341 e. The highest BCUT2D eigenvalue weighted by Gasteiger charge is 2.29. The molecule has 1 N–H and O–H groups in total. The smallest absolute Gasteiger partial charge is 0.341 e. The minimum atomic E-state index is -0.840. The van der Waals surface area contributed by atoms with Gasteiger partial charge in [-0.3, -0.25) is 19.7 Å². The molecule has 160 valence electrons. The zero-order chi connectivity index (χ0) is 22.7. The van der Waals surface area contributed by atoms with Crippen LogP contribution in [-0.2, 0) is 4.74 Å². The van der Waals surface area contributed by atoms with Crippen LogP contribution in [0.2, 0.25) is 5.02 Å². The predicted octanol–water partition coefficient (Wildman–Crippen LogP) is 4.14. The number of esters is 1. The molecule has 0 aliphatic carbocycles. The van der Waals surface area contributed by atoms with Crippen molar-refractivity contribution in [1.82, 2.24) is 4.90 Å². The van der Waals surface area contributed by atoms with Gasteiger partial charge in [0.2, 0.25) is 0 Å². The van der Waals surface area contributed by atoms with Crippen molar-refractivity contribution in [1.29, 1.82) is 0 Å². The molecular formula is C19H20ClN3O6S. The first-order valence-corrected chi connectivity index (χ1v) is 9.94. The van der Waals surface area contributed by atoms with Gasteiger partial charge < -0.3 is 15.0 Å². The van der Waals surface area contributed by atoms with Gasteiger partial charge in [-0.2, -0.15) is 0 Å². The Morgan fingerprint density at radius 1 is 1.27 bits per heavy atom. The van der Waals surface area contributed by atoms with E-state index in [4.69, 9.17) is 16.3 Å². The van der Waals surface area contributed by atoms with Gasteiger partial charge in [0.25, 0.3) is 17.5 Å². The summed E-state index contributed by atoms with van der Waals surface area (Å²) in [5.41, 5.74) is -0.347. The molecule has 2 amide bonds. The number of nitro benzene ring substituents is 1. The highest BCUT2D eigenvalue weighted by molar-refractivity contribution is 7.18. The molecule has 0 spiro atoms. The van der Waals surface area contributed by atoms with Crippen molar-refractivity contribution in [2.45, 2.75) is 26.9 Å². The van der Waals surface area contributed by atoms with E-state index in [1.54, 1.807) is 34.9 Å². The molecule has 0 saturated carbocycles. The molecule has 0 unspecified atom stereocenters. The Labute approximate surface area is 181 Å². The van der Waals surface area contributed by atoms with Gasteiger partial charge in [-0.15, -0.1) is 11.3 Å². The lowest BCUT2D eigenvalue weighted by molar-refractivity contribution is -0.385. The first kappa shape index (κ1) is 23.3. The molecule has 11 heteroatoms. The van der Waals surface area contributed by atoms with Gasteiger partial charge in [0.1, 0.15) is 10.6 Å². The number of carbonyl (C=O) groups excluding carboxylic acids is 3. The Bertz CT molecular complexity index is 1030. The number of hydrogen-bond donors (Lipinski definition) is 1. The number of carbonyl (C=O) groups is 3. The maximum absolute atomic E-state index is 12.8. The zero-order valence-corrected chi connectivity index (χ0v) is 18.5. The fraction of sp³-hybridized carbons (Fsp3) is 0.316. The molecule has 0 aliphatic heterocycles.